The van der Waals surface area contributed by atoms with E-state index in [9.17, 15) is 10.1 Å². The predicted octanol–water partition coefficient (Wildman–Crippen LogP) is 2.90. The molecule has 1 aromatic carbocycles. The third-order valence-electron chi connectivity index (χ3n) is 2.68. The minimum atomic E-state index is -0.446. The number of rotatable bonds is 4. The van der Waals surface area contributed by atoms with E-state index >= 15 is 0 Å². The normalized spacial score (nSPS) is 11.6. The summed E-state index contributed by atoms with van der Waals surface area (Å²) in [4.78, 5) is 10.4. The molecule has 1 aromatic rings. The quantitative estimate of drug-likeness (QED) is 0.501. The zero-order valence-electron chi connectivity index (χ0n) is 10.4. The van der Waals surface area contributed by atoms with Gasteiger partial charge in [-0.1, -0.05) is 25.5 Å². The van der Waals surface area contributed by atoms with Crippen molar-refractivity contribution in [1.29, 1.82) is 5.26 Å². The summed E-state index contributed by atoms with van der Waals surface area (Å²) in [5.41, 5.74) is 7.80. The Balaban J connectivity index is 3.30. The van der Waals surface area contributed by atoms with E-state index in [0.29, 0.717) is 28.8 Å². The van der Waals surface area contributed by atoms with Crippen LogP contribution in [0.2, 0.25) is 0 Å². The number of hydrogen-bond acceptors (Lipinski definition) is 4. The first-order chi connectivity index (χ1) is 8.51. The van der Waals surface area contributed by atoms with Crippen LogP contribution >= 0.6 is 0 Å². The predicted molar refractivity (Wildman–Crippen MR) is 69.5 cm³/mol. The SMILES string of the molecule is CCC/C(C#N)=C(/N)c1ccc(C)c([N+](=O)[O-])c1. The highest BCUT2D eigenvalue weighted by Gasteiger charge is 2.13. The first kappa shape index (κ1) is 13.7. The van der Waals surface area contributed by atoms with E-state index in [1.807, 2.05) is 13.0 Å². The molecule has 0 spiro atoms. The van der Waals surface area contributed by atoms with E-state index in [2.05, 4.69) is 0 Å². The third kappa shape index (κ3) is 2.86. The van der Waals surface area contributed by atoms with Crippen LogP contribution in [-0.2, 0) is 0 Å². The number of allylic oxidation sites excluding steroid dienone is 1. The van der Waals surface area contributed by atoms with E-state index in [0.717, 1.165) is 6.42 Å². The Kier molecular flexibility index (Phi) is 4.44. The zero-order valence-corrected chi connectivity index (χ0v) is 10.4. The van der Waals surface area contributed by atoms with Crippen molar-refractivity contribution in [2.75, 3.05) is 0 Å². The zero-order chi connectivity index (χ0) is 13.7. The van der Waals surface area contributed by atoms with Crippen LogP contribution in [0.3, 0.4) is 0 Å². The van der Waals surface area contributed by atoms with E-state index < -0.39 is 4.92 Å². The Morgan fingerprint density at radius 2 is 2.22 bits per heavy atom. The summed E-state index contributed by atoms with van der Waals surface area (Å²) in [5, 5.41) is 19.8. The molecular formula is C13H15N3O2. The molecular weight excluding hydrogens is 230 g/mol. The van der Waals surface area contributed by atoms with Crippen molar-refractivity contribution in [2.45, 2.75) is 26.7 Å². The van der Waals surface area contributed by atoms with Crippen LogP contribution < -0.4 is 5.73 Å². The molecule has 94 valence electrons. The highest BCUT2D eigenvalue weighted by molar-refractivity contribution is 5.71. The summed E-state index contributed by atoms with van der Waals surface area (Å²) in [6.45, 7) is 3.61. The number of benzene rings is 1. The van der Waals surface area contributed by atoms with Gasteiger partial charge in [0.05, 0.1) is 22.3 Å². The van der Waals surface area contributed by atoms with Crippen molar-refractivity contribution >= 4 is 11.4 Å². The molecule has 5 heteroatoms. The molecule has 0 amide bonds. The molecule has 0 atom stereocenters. The van der Waals surface area contributed by atoms with Gasteiger partial charge in [-0.05, 0) is 13.3 Å². The molecule has 0 heterocycles. The lowest BCUT2D eigenvalue weighted by Gasteiger charge is -2.06. The average molecular weight is 245 g/mol. The van der Waals surface area contributed by atoms with Crippen LogP contribution in [0.15, 0.2) is 23.8 Å². The maximum atomic E-state index is 10.8. The van der Waals surface area contributed by atoms with Gasteiger partial charge in [-0.2, -0.15) is 5.26 Å². The molecule has 5 nitrogen and oxygen atoms in total. The van der Waals surface area contributed by atoms with E-state index in [1.165, 1.54) is 6.07 Å². The van der Waals surface area contributed by atoms with Crippen LogP contribution in [0.4, 0.5) is 5.69 Å². The van der Waals surface area contributed by atoms with Gasteiger partial charge in [0.15, 0.2) is 0 Å². The molecule has 0 radical (unpaired) electrons. The van der Waals surface area contributed by atoms with Crippen molar-refractivity contribution in [2.24, 2.45) is 5.73 Å². The molecule has 0 unspecified atom stereocenters. The molecule has 0 saturated carbocycles. The van der Waals surface area contributed by atoms with E-state index in [-0.39, 0.29) is 5.69 Å². The summed E-state index contributed by atoms with van der Waals surface area (Å²) < 4.78 is 0. The fraction of sp³-hybridized carbons (Fsp3) is 0.308. The minimum Gasteiger partial charge on any atom is -0.397 e. The molecule has 0 saturated heterocycles. The maximum absolute atomic E-state index is 10.8. The highest BCUT2D eigenvalue weighted by atomic mass is 16.6. The Morgan fingerprint density at radius 3 is 2.72 bits per heavy atom. The number of hydrogen-bond donors (Lipinski definition) is 1. The Bertz CT molecular complexity index is 542. The molecule has 0 aliphatic rings. The van der Waals surface area contributed by atoms with Gasteiger partial charge in [0, 0.05) is 17.2 Å². The Hall–Kier alpha value is -2.35. The fourth-order valence-electron chi connectivity index (χ4n) is 1.65. The monoisotopic (exact) mass is 245 g/mol. The second kappa shape index (κ2) is 5.82. The summed E-state index contributed by atoms with van der Waals surface area (Å²) in [6, 6.07) is 6.80. The third-order valence-corrected chi connectivity index (χ3v) is 2.68. The standard InChI is InChI=1S/C13H15N3O2/c1-3-4-11(8-14)13(15)10-6-5-9(2)12(7-10)16(17)18/h5-7H,3-4,15H2,1-2H3/b13-11-. The largest absolute Gasteiger partial charge is 0.397 e. The molecule has 0 aromatic heterocycles. The van der Waals surface area contributed by atoms with Crippen LogP contribution in [0.1, 0.15) is 30.9 Å². The second-order valence-corrected chi connectivity index (χ2v) is 4.01. The van der Waals surface area contributed by atoms with Gasteiger partial charge in [-0.25, -0.2) is 0 Å². The highest BCUT2D eigenvalue weighted by Crippen LogP contribution is 2.24. The molecule has 18 heavy (non-hydrogen) atoms. The average Bonchev–Trinajstić information content (AvgIpc) is 2.35. The number of nitrogens with zero attached hydrogens (tertiary/aromatic N) is 2. The van der Waals surface area contributed by atoms with Crippen molar-refractivity contribution in [3.05, 3.63) is 45.0 Å². The fourth-order valence-corrected chi connectivity index (χ4v) is 1.65. The summed E-state index contributed by atoms with van der Waals surface area (Å²) in [7, 11) is 0. The molecule has 0 fully saturated rings. The van der Waals surface area contributed by atoms with Crippen LogP contribution in [0.5, 0.6) is 0 Å². The first-order valence-corrected chi connectivity index (χ1v) is 5.65. The summed E-state index contributed by atoms with van der Waals surface area (Å²) >= 11 is 0. The number of nitro benzene ring substituents is 1. The smallest absolute Gasteiger partial charge is 0.272 e. The molecule has 0 bridgehead atoms. The van der Waals surface area contributed by atoms with Gasteiger partial charge in [0.2, 0.25) is 0 Å². The van der Waals surface area contributed by atoms with Gasteiger partial charge in [0.1, 0.15) is 0 Å². The van der Waals surface area contributed by atoms with E-state index in [1.54, 1.807) is 19.1 Å². The lowest BCUT2D eigenvalue weighted by atomic mass is 10.0. The van der Waals surface area contributed by atoms with Crippen LogP contribution in [0.25, 0.3) is 5.70 Å². The summed E-state index contributed by atoms with van der Waals surface area (Å²) in [6.07, 6.45) is 1.38. The van der Waals surface area contributed by atoms with Crippen LogP contribution in [0, 0.1) is 28.4 Å². The second-order valence-electron chi connectivity index (χ2n) is 4.01. The van der Waals surface area contributed by atoms with Gasteiger partial charge in [-0.15, -0.1) is 0 Å². The minimum absolute atomic E-state index is 0.0178. The molecule has 0 aliphatic carbocycles. The Morgan fingerprint density at radius 1 is 1.56 bits per heavy atom. The lowest BCUT2D eigenvalue weighted by molar-refractivity contribution is -0.385. The van der Waals surface area contributed by atoms with Crippen molar-refractivity contribution in [1.82, 2.24) is 0 Å². The molecule has 2 N–H and O–H groups in total. The lowest BCUT2D eigenvalue weighted by Crippen LogP contribution is -2.02. The van der Waals surface area contributed by atoms with Gasteiger partial charge in [0.25, 0.3) is 5.69 Å². The summed E-state index contributed by atoms with van der Waals surface area (Å²) in [5.74, 6) is 0. The topological polar surface area (TPSA) is 93.0 Å². The first-order valence-electron chi connectivity index (χ1n) is 5.65. The number of nitro groups is 1. The van der Waals surface area contributed by atoms with Crippen molar-refractivity contribution in [3.63, 3.8) is 0 Å². The number of aryl methyl sites for hydroxylation is 1. The van der Waals surface area contributed by atoms with Crippen LogP contribution in [-0.4, -0.2) is 4.92 Å². The van der Waals surface area contributed by atoms with Gasteiger partial charge >= 0.3 is 0 Å². The molecule has 1 rings (SSSR count). The van der Waals surface area contributed by atoms with Crippen molar-refractivity contribution < 1.29 is 4.92 Å². The van der Waals surface area contributed by atoms with E-state index in [4.69, 9.17) is 11.0 Å². The maximum Gasteiger partial charge on any atom is 0.272 e. The van der Waals surface area contributed by atoms with Gasteiger partial charge in [-0.3, -0.25) is 10.1 Å². The Labute approximate surface area is 106 Å². The van der Waals surface area contributed by atoms with Crippen molar-refractivity contribution in [3.8, 4) is 6.07 Å². The number of nitrogens with two attached hydrogens (primary N) is 1. The molecule has 0 aliphatic heterocycles. The van der Waals surface area contributed by atoms with Gasteiger partial charge < -0.3 is 5.73 Å². The number of nitriles is 1.